The largest absolute Gasteiger partial charge is 0.249 e. The summed E-state index contributed by atoms with van der Waals surface area (Å²) in [4.78, 5) is 4.64. The van der Waals surface area contributed by atoms with E-state index in [1.165, 1.54) is 5.57 Å². The minimum atomic E-state index is 0.0965. The zero-order valence-electron chi connectivity index (χ0n) is 11.2. The molecule has 1 heterocycles. The highest BCUT2D eigenvalue weighted by Gasteiger charge is 2.18. The molecule has 0 spiro atoms. The van der Waals surface area contributed by atoms with Gasteiger partial charge in [0.05, 0.1) is 10.4 Å². The Morgan fingerprint density at radius 3 is 2.85 bits per heavy atom. The molecule has 5 heteroatoms. The van der Waals surface area contributed by atoms with E-state index in [1.54, 1.807) is 4.68 Å². The van der Waals surface area contributed by atoms with E-state index >= 15 is 0 Å². The quantitative estimate of drug-likeness (QED) is 0.774. The monoisotopic (exact) mass is 307 g/mol. The second-order valence-electron chi connectivity index (χ2n) is 4.96. The Morgan fingerprint density at radius 1 is 1.30 bits per heavy atom. The summed E-state index contributed by atoms with van der Waals surface area (Å²) in [6.07, 6.45) is 5.21. The molecule has 104 valence electrons. The molecule has 0 aliphatic heterocycles. The molecule has 3 rings (SSSR count). The van der Waals surface area contributed by atoms with Crippen molar-refractivity contribution in [1.29, 1.82) is 0 Å². The molecular formula is C15H15Cl2N3. The number of hydrogen-bond acceptors (Lipinski definition) is 2. The van der Waals surface area contributed by atoms with E-state index in [9.17, 15) is 0 Å². The van der Waals surface area contributed by atoms with E-state index in [1.807, 2.05) is 31.3 Å². The van der Waals surface area contributed by atoms with Crippen molar-refractivity contribution >= 4 is 28.8 Å². The van der Waals surface area contributed by atoms with Crippen LogP contribution in [0.5, 0.6) is 0 Å². The van der Waals surface area contributed by atoms with Crippen molar-refractivity contribution in [1.82, 2.24) is 14.8 Å². The molecule has 0 amide bonds. The van der Waals surface area contributed by atoms with Gasteiger partial charge in [0, 0.05) is 12.6 Å². The number of nitrogens with zero attached hydrogens (tertiary/aromatic N) is 3. The first-order valence-corrected chi connectivity index (χ1v) is 7.47. The average molecular weight is 308 g/mol. The molecule has 0 bridgehead atoms. The molecule has 1 aromatic carbocycles. The fourth-order valence-corrected chi connectivity index (χ4v) is 3.01. The van der Waals surface area contributed by atoms with E-state index < -0.39 is 0 Å². The van der Waals surface area contributed by atoms with E-state index in [4.69, 9.17) is 23.2 Å². The highest BCUT2D eigenvalue weighted by molar-refractivity contribution is 6.33. The summed E-state index contributed by atoms with van der Waals surface area (Å²) in [6.45, 7) is 0. The van der Waals surface area contributed by atoms with Crippen molar-refractivity contribution in [3.63, 3.8) is 0 Å². The van der Waals surface area contributed by atoms with E-state index in [0.717, 1.165) is 30.7 Å². The SMILES string of the molecule is Cn1nc(-c2ccccc2Cl)nc1C1=CC(Cl)CCC1. The summed E-state index contributed by atoms with van der Waals surface area (Å²) in [5.41, 5.74) is 2.03. The lowest BCUT2D eigenvalue weighted by atomic mass is 9.99. The zero-order valence-corrected chi connectivity index (χ0v) is 12.7. The minimum Gasteiger partial charge on any atom is -0.249 e. The normalized spacial score (nSPS) is 18.9. The van der Waals surface area contributed by atoms with Crippen molar-refractivity contribution in [2.45, 2.75) is 24.6 Å². The molecule has 0 saturated heterocycles. The Labute approximate surface area is 128 Å². The second kappa shape index (κ2) is 5.58. The van der Waals surface area contributed by atoms with Gasteiger partial charge < -0.3 is 0 Å². The van der Waals surface area contributed by atoms with Gasteiger partial charge in [-0.1, -0.05) is 29.8 Å². The van der Waals surface area contributed by atoms with Crippen molar-refractivity contribution in [3.8, 4) is 11.4 Å². The minimum absolute atomic E-state index is 0.0965. The van der Waals surface area contributed by atoms with Crippen LogP contribution in [0.15, 0.2) is 30.3 Å². The third kappa shape index (κ3) is 2.60. The second-order valence-corrected chi connectivity index (χ2v) is 5.93. The van der Waals surface area contributed by atoms with Gasteiger partial charge in [-0.05, 0) is 37.0 Å². The zero-order chi connectivity index (χ0) is 14.1. The maximum atomic E-state index is 6.21. The number of allylic oxidation sites excluding steroid dienone is 2. The molecule has 1 aliphatic rings. The molecule has 1 aliphatic carbocycles. The lowest BCUT2D eigenvalue weighted by Crippen LogP contribution is -2.06. The predicted octanol–water partition coefficient (Wildman–Crippen LogP) is 4.31. The van der Waals surface area contributed by atoms with Crippen LogP contribution in [0.2, 0.25) is 5.02 Å². The van der Waals surface area contributed by atoms with Crippen LogP contribution in [-0.2, 0) is 7.05 Å². The van der Waals surface area contributed by atoms with E-state index in [0.29, 0.717) is 10.8 Å². The maximum absolute atomic E-state index is 6.21. The van der Waals surface area contributed by atoms with Crippen LogP contribution in [0.4, 0.5) is 0 Å². The summed E-state index contributed by atoms with van der Waals surface area (Å²) in [5, 5.41) is 5.24. The summed E-state index contributed by atoms with van der Waals surface area (Å²) in [6, 6.07) is 7.62. The molecule has 3 nitrogen and oxygen atoms in total. The fraction of sp³-hybridized carbons (Fsp3) is 0.333. The first-order chi connectivity index (χ1) is 9.65. The molecule has 0 fully saturated rings. The summed E-state index contributed by atoms with van der Waals surface area (Å²) in [5.74, 6) is 1.54. The van der Waals surface area contributed by atoms with Crippen molar-refractivity contribution in [3.05, 3.63) is 41.2 Å². The molecule has 1 atom stereocenters. The number of halogens is 2. The van der Waals surface area contributed by atoms with Gasteiger partial charge in [0.25, 0.3) is 0 Å². The molecule has 1 aromatic heterocycles. The van der Waals surface area contributed by atoms with Crippen LogP contribution in [0, 0.1) is 0 Å². The van der Waals surface area contributed by atoms with Gasteiger partial charge in [-0.2, -0.15) is 5.10 Å². The number of aromatic nitrogens is 3. The smallest absolute Gasteiger partial charge is 0.183 e. The molecule has 1 unspecified atom stereocenters. The lowest BCUT2D eigenvalue weighted by molar-refractivity contribution is 0.713. The molecule has 0 saturated carbocycles. The van der Waals surface area contributed by atoms with Gasteiger partial charge in [-0.3, -0.25) is 0 Å². The third-order valence-electron chi connectivity index (χ3n) is 3.47. The van der Waals surface area contributed by atoms with Crippen LogP contribution in [0.25, 0.3) is 17.0 Å². The van der Waals surface area contributed by atoms with Crippen LogP contribution in [0.3, 0.4) is 0 Å². The average Bonchev–Trinajstić information content (AvgIpc) is 2.81. The molecule has 20 heavy (non-hydrogen) atoms. The maximum Gasteiger partial charge on any atom is 0.183 e. The molecule has 0 N–H and O–H groups in total. The Hall–Kier alpha value is -1.32. The topological polar surface area (TPSA) is 30.7 Å². The van der Waals surface area contributed by atoms with Gasteiger partial charge in [-0.25, -0.2) is 9.67 Å². The number of hydrogen-bond donors (Lipinski definition) is 0. The molecule has 0 radical (unpaired) electrons. The van der Waals surface area contributed by atoms with Gasteiger partial charge in [0.2, 0.25) is 0 Å². The molecule has 2 aromatic rings. The van der Waals surface area contributed by atoms with E-state index in [2.05, 4.69) is 16.2 Å². The van der Waals surface area contributed by atoms with Crippen molar-refractivity contribution in [2.75, 3.05) is 0 Å². The van der Waals surface area contributed by atoms with Crippen LogP contribution in [-0.4, -0.2) is 20.1 Å². The van der Waals surface area contributed by atoms with Gasteiger partial charge in [0.15, 0.2) is 11.6 Å². The van der Waals surface area contributed by atoms with Crippen LogP contribution < -0.4 is 0 Å². The number of rotatable bonds is 2. The number of alkyl halides is 1. The van der Waals surface area contributed by atoms with Crippen molar-refractivity contribution < 1.29 is 0 Å². The summed E-state index contributed by atoms with van der Waals surface area (Å²) in [7, 11) is 1.90. The summed E-state index contributed by atoms with van der Waals surface area (Å²) >= 11 is 12.4. The number of benzene rings is 1. The number of aryl methyl sites for hydroxylation is 1. The predicted molar refractivity (Wildman–Crippen MR) is 82.9 cm³/mol. The van der Waals surface area contributed by atoms with Crippen LogP contribution in [0.1, 0.15) is 25.1 Å². The highest BCUT2D eigenvalue weighted by atomic mass is 35.5. The first kappa shape index (κ1) is 13.7. The Kier molecular flexibility index (Phi) is 3.81. The third-order valence-corrected chi connectivity index (χ3v) is 4.15. The van der Waals surface area contributed by atoms with Crippen LogP contribution >= 0.6 is 23.2 Å². The standard InChI is InChI=1S/C15H15Cl2N3/c1-20-15(10-5-4-6-11(16)9-10)18-14(19-20)12-7-2-3-8-13(12)17/h2-3,7-9,11H,4-6H2,1H3. The first-order valence-electron chi connectivity index (χ1n) is 6.66. The van der Waals surface area contributed by atoms with E-state index in [-0.39, 0.29) is 5.38 Å². The van der Waals surface area contributed by atoms with Gasteiger partial charge >= 0.3 is 0 Å². The fourth-order valence-electron chi connectivity index (χ4n) is 2.48. The lowest BCUT2D eigenvalue weighted by Gasteiger charge is -2.15. The highest BCUT2D eigenvalue weighted by Crippen LogP contribution is 2.30. The van der Waals surface area contributed by atoms with Gasteiger partial charge in [0.1, 0.15) is 0 Å². The molecular weight excluding hydrogens is 293 g/mol. The van der Waals surface area contributed by atoms with Crippen molar-refractivity contribution in [2.24, 2.45) is 7.05 Å². The van der Waals surface area contributed by atoms with Gasteiger partial charge in [-0.15, -0.1) is 11.6 Å². The summed E-state index contributed by atoms with van der Waals surface area (Å²) < 4.78 is 1.80. The Balaban J connectivity index is 2.02. The Bertz CT molecular complexity index is 661. The Morgan fingerprint density at radius 2 is 2.10 bits per heavy atom.